The summed E-state index contributed by atoms with van der Waals surface area (Å²) in [7, 11) is 1.73. The zero-order valence-corrected chi connectivity index (χ0v) is 12.7. The molecule has 2 rings (SSSR count). The second-order valence-electron chi connectivity index (χ2n) is 5.55. The minimum absolute atomic E-state index is 0.0712. The maximum absolute atomic E-state index is 12.3. The average molecular weight is 279 g/mol. The van der Waals surface area contributed by atoms with Crippen LogP contribution >= 0.6 is 12.2 Å². The summed E-state index contributed by atoms with van der Waals surface area (Å²) in [5.41, 5.74) is 1.59. The first-order valence-corrected chi connectivity index (χ1v) is 7.29. The van der Waals surface area contributed by atoms with Gasteiger partial charge in [-0.1, -0.05) is 19.9 Å². The molecule has 1 aliphatic rings. The van der Waals surface area contributed by atoms with Crippen molar-refractivity contribution in [3.8, 4) is 0 Å². The molecule has 0 unspecified atom stereocenters. The van der Waals surface area contributed by atoms with Gasteiger partial charge in [-0.25, -0.2) is 4.68 Å². The molecule has 0 aliphatic heterocycles. The van der Waals surface area contributed by atoms with Gasteiger partial charge in [0.15, 0.2) is 10.5 Å². The summed E-state index contributed by atoms with van der Waals surface area (Å²) in [4.78, 5) is 12.3. The van der Waals surface area contributed by atoms with Crippen LogP contribution in [0.4, 0.5) is 0 Å². The number of hydrogen-bond acceptors (Lipinski definition) is 3. The van der Waals surface area contributed by atoms with E-state index in [1.807, 2.05) is 0 Å². The van der Waals surface area contributed by atoms with Crippen LogP contribution in [0.1, 0.15) is 45.2 Å². The molecule has 0 amide bonds. The number of aromatic nitrogens is 3. The number of hydrogen-bond donors (Lipinski definition) is 0. The van der Waals surface area contributed by atoms with Crippen LogP contribution < -0.4 is 5.56 Å². The van der Waals surface area contributed by atoms with E-state index in [1.54, 1.807) is 11.7 Å². The van der Waals surface area contributed by atoms with Crippen LogP contribution in [0.5, 0.6) is 0 Å². The monoisotopic (exact) mass is 279 g/mol. The molecule has 0 saturated carbocycles. The number of nitrogens with zero attached hydrogens (tertiary/aromatic N) is 3. The highest BCUT2D eigenvalue weighted by Crippen LogP contribution is 2.23. The summed E-state index contributed by atoms with van der Waals surface area (Å²) in [5, 5.41) is 4.51. The number of rotatable bonds is 3. The third kappa shape index (κ3) is 3.03. The fourth-order valence-corrected chi connectivity index (χ4v) is 2.54. The normalized spacial score (nSPS) is 15.7. The van der Waals surface area contributed by atoms with Gasteiger partial charge in [-0.2, -0.15) is 5.10 Å². The lowest BCUT2D eigenvalue weighted by molar-refractivity contribution is 0.445. The Morgan fingerprint density at radius 1 is 1.42 bits per heavy atom. The third-order valence-corrected chi connectivity index (χ3v) is 3.85. The highest BCUT2D eigenvalue weighted by atomic mass is 32.1. The average Bonchev–Trinajstić information content (AvgIpc) is 2.40. The first-order valence-electron chi connectivity index (χ1n) is 6.88. The third-order valence-electron chi connectivity index (χ3n) is 3.37. The Bertz CT molecular complexity index is 610. The van der Waals surface area contributed by atoms with Crippen molar-refractivity contribution in [2.75, 3.05) is 0 Å². The van der Waals surface area contributed by atoms with Crippen molar-refractivity contribution in [3.05, 3.63) is 26.9 Å². The minimum atomic E-state index is -0.0712. The Hall–Kier alpha value is -1.23. The van der Waals surface area contributed by atoms with Gasteiger partial charge in [-0.15, -0.1) is 0 Å². The molecule has 0 N–H and O–H groups in total. The van der Waals surface area contributed by atoms with Gasteiger partial charge in [0.25, 0.3) is 5.56 Å². The van der Waals surface area contributed by atoms with Gasteiger partial charge in [-0.3, -0.25) is 9.36 Å². The van der Waals surface area contributed by atoms with Crippen LogP contribution in [0.2, 0.25) is 0 Å². The highest BCUT2D eigenvalue weighted by molar-refractivity contribution is 7.71. The molecule has 0 spiro atoms. The highest BCUT2D eigenvalue weighted by Gasteiger charge is 2.15. The van der Waals surface area contributed by atoms with Gasteiger partial charge in [-0.05, 0) is 49.4 Å². The molecular formula is C14H21N3OS. The van der Waals surface area contributed by atoms with Gasteiger partial charge >= 0.3 is 0 Å². The molecule has 1 aromatic rings. The molecule has 0 aromatic carbocycles. The summed E-state index contributed by atoms with van der Waals surface area (Å²) in [6.45, 7) is 4.98. The van der Waals surface area contributed by atoms with E-state index in [0.717, 1.165) is 31.4 Å². The predicted molar refractivity (Wildman–Crippen MR) is 79.6 cm³/mol. The van der Waals surface area contributed by atoms with E-state index >= 15 is 0 Å². The van der Waals surface area contributed by atoms with Gasteiger partial charge in [0.1, 0.15) is 0 Å². The molecule has 19 heavy (non-hydrogen) atoms. The molecule has 0 fully saturated rings. The van der Waals surface area contributed by atoms with E-state index < -0.39 is 0 Å². The Kier molecular flexibility index (Phi) is 4.34. The van der Waals surface area contributed by atoms with E-state index in [1.165, 1.54) is 11.0 Å². The van der Waals surface area contributed by atoms with Crippen molar-refractivity contribution in [2.45, 2.75) is 46.1 Å². The van der Waals surface area contributed by atoms with Crippen LogP contribution in [0.3, 0.4) is 0 Å². The zero-order valence-electron chi connectivity index (χ0n) is 11.8. The predicted octanol–water partition coefficient (Wildman–Crippen LogP) is 2.92. The van der Waals surface area contributed by atoms with Gasteiger partial charge < -0.3 is 0 Å². The SMILES string of the molecule is CC(C)Cn1nc(C2=CCCCC2)c(=O)n(C)c1=S. The smallest absolute Gasteiger partial charge is 0.280 e. The Balaban J connectivity index is 2.55. The molecule has 104 valence electrons. The van der Waals surface area contributed by atoms with E-state index in [9.17, 15) is 4.79 Å². The summed E-state index contributed by atoms with van der Waals surface area (Å²) < 4.78 is 3.82. The first kappa shape index (κ1) is 14.2. The maximum atomic E-state index is 12.3. The Morgan fingerprint density at radius 3 is 2.74 bits per heavy atom. The molecular weight excluding hydrogens is 258 g/mol. The number of allylic oxidation sites excluding steroid dienone is 2. The molecule has 1 heterocycles. The molecule has 0 radical (unpaired) electrons. The van der Waals surface area contributed by atoms with Crippen molar-refractivity contribution >= 4 is 17.8 Å². The van der Waals surface area contributed by atoms with Crippen molar-refractivity contribution in [1.82, 2.24) is 14.3 Å². The summed E-state index contributed by atoms with van der Waals surface area (Å²) >= 11 is 5.30. The first-order chi connectivity index (χ1) is 9.00. The van der Waals surface area contributed by atoms with Crippen LogP contribution in [-0.2, 0) is 13.6 Å². The van der Waals surface area contributed by atoms with Crippen molar-refractivity contribution < 1.29 is 0 Å². The Labute approximate surface area is 118 Å². The van der Waals surface area contributed by atoms with Crippen LogP contribution in [0.15, 0.2) is 10.9 Å². The van der Waals surface area contributed by atoms with Crippen molar-refractivity contribution in [3.63, 3.8) is 0 Å². The lowest BCUT2D eigenvalue weighted by atomic mass is 9.97. The van der Waals surface area contributed by atoms with Crippen LogP contribution in [-0.4, -0.2) is 14.3 Å². The van der Waals surface area contributed by atoms with Crippen molar-refractivity contribution in [1.29, 1.82) is 0 Å². The standard InChI is InChI=1S/C14H21N3OS/c1-10(2)9-17-14(19)16(3)13(18)12(15-17)11-7-5-4-6-8-11/h7,10H,4-6,8-9H2,1-3H3. The molecule has 5 heteroatoms. The second-order valence-corrected chi connectivity index (χ2v) is 5.91. The topological polar surface area (TPSA) is 39.8 Å². The van der Waals surface area contributed by atoms with E-state index in [0.29, 0.717) is 16.4 Å². The van der Waals surface area contributed by atoms with Crippen LogP contribution in [0.25, 0.3) is 5.57 Å². The van der Waals surface area contributed by atoms with Gasteiger partial charge in [0.05, 0.1) is 0 Å². The van der Waals surface area contributed by atoms with E-state index in [-0.39, 0.29) is 5.56 Å². The Morgan fingerprint density at radius 2 is 2.16 bits per heavy atom. The molecule has 0 bridgehead atoms. The van der Waals surface area contributed by atoms with Crippen LogP contribution in [0, 0.1) is 10.7 Å². The minimum Gasteiger partial charge on any atom is -0.285 e. The molecule has 1 aliphatic carbocycles. The summed E-state index contributed by atoms with van der Waals surface area (Å²) in [6, 6.07) is 0. The fourth-order valence-electron chi connectivity index (χ4n) is 2.34. The molecule has 0 atom stereocenters. The fraction of sp³-hybridized carbons (Fsp3) is 0.643. The lowest BCUT2D eigenvalue weighted by Crippen LogP contribution is -2.29. The summed E-state index contributed by atoms with van der Waals surface area (Å²) in [5.74, 6) is 0.449. The van der Waals surface area contributed by atoms with Gasteiger partial charge in [0, 0.05) is 13.6 Å². The van der Waals surface area contributed by atoms with Gasteiger partial charge in [0.2, 0.25) is 0 Å². The molecule has 4 nitrogen and oxygen atoms in total. The second kappa shape index (κ2) is 5.82. The van der Waals surface area contributed by atoms with Crippen molar-refractivity contribution in [2.24, 2.45) is 13.0 Å². The zero-order chi connectivity index (χ0) is 14.0. The van der Waals surface area contributed by atoms with E-state index in [4.69, 9.17) is 12.2 Å². The largest absolute Gasteiger partial charge is 0.285 e. The van der Waals surface area contributed by atoms with E-state index in [2.05, 4.69) is 25.0 Å². The molecule has 0 saturated heterocycles. The summed E-state index contributed by atoms with van der Waals surface area (Å²) in [6.07, 6.45) is 6.47. The quantitative estimate of drug-likeness (QED) is 0.799. The lowest BCUT2D eigenvalue weighted by Gasteiger charge is -2.16. The molecule has 1 aromatic heterocycles. The maximum Gasteiger partial charge on any atom is 0.280 e.